The quantitative estimate of drug-likeness (QED) is 0.590. The molecule has 2 unspecified atom stereocenters. The number of benzene rings is 1. The van der Waals surface area contributed by atoms with E-state index in [9.17, 15) is 14.4 Å². The monoisotopic (exact) mass is 488 g/mol. The molecule has 2 aromatic rings. The second kappa shape index (κ2) is 12.0. The summed E-state index contributed by atoms with van der Waals surface area (Å²) in [5.74, 6) is 0.243. The molecule has 3 rings (SSSR count). The van der Waals surface area contributed by atoms with Gasteiger partial charge in [0, 0.05) is 24.8 Å². The SMILES string of the molecule is CSCCC(NC(=O)c1cccc(C)c1)C(=O)N1CCCC(C(=O)Nc2ccc(Cl)cn2)C1. The Morgan fingerprint density at radius 2 is 2.09 bits per heavy atom. The smallest absolute Gasteiger partial charge is 0.251 e. The fraction of sp³-hybridized carbons (Fsp3) is 0.417. The summed E-state index contributed by atoms with van der Waals surface area (Å²) in [7, 11) is 0. The Kier molecular flexibility index (Phi) is 9.14. The lowest BCUT2D eigenvalue weighted by molar-refractivity contribution is -0.136. The van der Waals surface area contributed by atoms with E-state index in [0.29, 0.717) is 42.3 Å². The summed E-state index contributed by atoms with van der Waals surface area (Å²) in [4.78, 5) is 44.7. The van der Waals surface area contributed by atoms with Crippen LogP contribution in [-0.4, -0.2) is 58.7 Å². The van der Waals surface area contributed by atoms with Gasteiger partial charge in [0.05, 0.1) is 10.9 Å². The third-order valence-corrected chi connectivity index (χ3v) is 6.44. The molecule has 0 saturated carbocycles. The van der Waals surface area contributed by atoms with Crippen molar-refractivity contribution in [2.24, 2.45) is 5.92 Å². The van der Waals surface area contributed by atoms with Crippen LogP contribution < -0.4 is 10.6 Å². The standard InChI is InChI=1S/C24H29ClN4O3S/c1-16-5-3-6-17(13-16)22(30)27-20(10-12-33-2)24(32)29-11-4-7-18(15-29)23(31)28-21-9-8-19(25)14-26-21/h3,5-6,8-9,13-14,18,20H,4,7,10-12,15H2,1-2H3,(H,27,30)(H,26,28,31). The van der Waals surface area contributed by atoms with E-state index in [-0.39, 0.29) is 23.6 Å². The molecule has 176 valence electrons. The number of piperidine rings is 1. The molecule has 0 aliphatic carbocycles. The first kappa shape index (κ1) is 25.1. The summed E-state index contributed by atoms with van der Waals surface area (Å²) in [5.41, 5.74) is 1.51. The lowest BCUT2D eigenvalue weighted by Gasteiger charge is -2.34. The molecule has 2 heterocycles. The zero-order chi connectivity index (χ0) is 23.8. The van der Waals surface area contributed by atoms with E-state index in [1.807, 2.05) is 25.3 Å². The van der Waals surface area contributed by atoms with Gasteiger partial charge >= 0.3 is 0 Å². The molecule has 33 heavy (non-hydrogen) atoms. The highest BCUT2D eigenvalue weighted by molar-refractivity contribution is 7.98. The van der Waals surface area contributed by atoms with Crippen LogP contribution in [0.2, 0.25) is 5.02 Å². The van der Waals surface area contributed by atoms with Crippen LogP contribution >= 0.6 is 23.4 Å². The van der Waals surface area contributed by atoms with Crippen LogP contribution in [0.4, 0.5) is 5.82 Å². The summed E-state index contributed by atoms with van der Waals surface area (Å²) in [6.45, 7) is 2.80. The van der Waals surface area contributed by atoms with Crippen molar-refractivity contribution in [3.63, 3.8) is 0 Å². The molecule has 1 saturated heterocycles. The van der Waals surface area contributed by atoms with Crippen molar-refractivity contribution in [3.05, 3.63) is 58.7 Å². The Bertz CT molecular complexity index is 986. The first-order valence-electron chi connectivity index (χ1n) is 10.9. The van der Waals surface area contributed by atoms with E-state index in [1.54, 1.807) is 40.9 Å². The molecule has 0 bridgehead atoms. The normalized spacial score (nSPS) is 16.7. The number of rotatable bonds is 8. The number of amides is 3. The Morgan fingerprint density at radius 1 is 1.27 bits per heavy atom. The predicted octanol–water partition coefficient (Wildman–Crippen LogP) is 3.77. The van der Waals surface area contributed by atoms with Crippen molar-refractivity contribution in [1.82, 2.24) is 15.2 Å². The van der Waals surface area contributed by atoms with Crippen LogP contribution in [0.5, 0.6) is 0 Å². The Hall–Kier alpha value is -2.58. The molecular weight excluding hydrogens is 460 g/mol. The summed E-state index contributed by atoms with van der Waals surface area (Å²) in [6.07, 6.45) is 5.38. The average molecular weight is 489 g/mol. The molecule has 1 fully saturated rings. The average Bonchev–Trinajstić information content (AvgIpc) is 2.82. The van der Waals surface area contributed by atoms with E-state index in [1.165, 1.54) is 6.20 Å². The predicted molar refractivity (Wildman–Crippen MR) is 133 cm³/mol. The highest BCUT2D eigenvalue weighted by Gasteiger charge is 2.32. The highest BCUT2D eigenvalue weighted by Crippen LogP contribution is 2.20. The van der Waals surface area contributed by atoms with Gasteiger partial charge in [0.15, 0.2) is 0 Å². The van der Waals surface area contributed by atoms with Gasteiger partial charge in [0.25, 0.3) is 5.91 Å². The number of thioether (sulfide) groups is 1. The highest BCUT2D eigenvalue weighted by atomic mass is 35.5. The van der Waals surface area contributed by atoms with Crippen LogP contribution in [0.15, 0.2) is 42.6 Å². The van der Waals surface area contributed by atoms with Gasteiger partial charge in [-0.1, -0.05) is 29.3 Å². The molecule has 3 amide bonds. The summed E-state index contributed by atoms with van der Waals surface area (Å²) < 4.78 is 0. The Balaban J connectivity index is 1.65. The fourth-order valence-corrected chi connectivity index (χ4v) is 4.39. The maximum atomic E-state index is 13.3. The van der Waals surface area contributed by atoms with Crippen molar-refractivity contribution >= 4 is 46.9 Å². The van der Waals surface area contributed by atoms with Gasteiger partial charge in [-0.15, -0.1) is 0 Å². The molecule has 7 nitrogen and oxygen atoms in total. The maximum absolute atomic E-state index is 13.3. The number of pyridine rings is 1. The molecule has 1 aliphatic rings. The largest absolute Gasteiger partial charge is 0.340 e. The van der Waals surface area contributed by atoms with Gasteiger partial charge in [-0.05, 0) is 62.5 Å². The topological polar surface area (TPSA) is 91.4 Å². The summed E-state index contributed by atoms with van der Waals surface area (Å²) >= 11 is 7.47. The van der Waals surface area contributed by atoms with Crippen molar-refractivity contribution in [2.45, 2.75) is 32.2 Å². The minimum Gasteiger partial charge on any atom is -0.340 e. The van der Waals surface area contributed by atoms with Crippen LogP contribution in [-0.2, 0) is 9.59 Å². The number of carbonyl (C=O) groups excluding carboxylic acids is 3. The minimum absolute atomic E-state index is 0.146. The van der Waals surface area contributed by atoms with Gasteiger partial charge in [0.1, 0.15) is 11.9 Å². The first-order chi connectivity index (χ1) is 15.9. The lowest BCUT2D eigenvalue weighted by atomic mass is 9.96. The Morgan fingerprint density at radius 3 is 2.79 bits per heavy atom. The second-order valence-corrected chi connectivity index (χ2v) is 9.57. The van der Waals surface area contributed by atoms with E-state index in [0.717, 1.165) is 17.7 Å². The Labute approximate surface area is 203 Å². The summed E-state index contributed by atoms with van der Waals surface area (Å²) in [5, 5.41) is 6.21. The number of halogens is 1. The van der Waals surface area contributed by atoms with E-state index in [4.69, 9.17) is 11.6 Å². The van der Waals surface area contributed by atoms with Gasteiger partial charge < -0.3 is 15.5 Å². The molecule has 0 radical (unpaired) electrons. The van der Waals surface area contributed by atoms with Crippen molar-refractivity contribution in [1.29, 1.82) is 0 Å². The van der Waals surface area contributed by atoms with E-state index < -0.39 is 6.04 Å². The summed E-state index contributed by atoms with van der Waals surface area (Å²) in [6, 6.07) is 9.96. The van der Waals surface area contributed by atoms with Gasteiger partial charge in [-0.25, -0.2) is 4.98 Å². The molecule has 2 atom stereocenters. The number of carbonyl (C=O) groups is 3. The number of hydrogen-bond acceptors (Lipinski definition) is 5. The molecule has 9 heteroatoms. The fourth-order valence-electron chi connectivity index (χ4n) is 3.81. The van der Waals surface area contributed by atoms with Gasteiger partial charge in [-0.2, -0.15) is 11.8 Å². The lowest BCUT2D eigenvalue weighted by Crippen LogP contribution is -2.52. The van der Waals surface area contributed by atoms with E-state index in [2.05, 4.69) is 15.6 Å². The van der Waals surface area contributed by atoms with Crippen LogP contribution in [0, 0.1) is 12.8 Å². The van der Waals surface area contributed by atoms with Crippen molar-refractivity contribution < 1.29 is 14.4 Å². The van der Waals surface area contributed by atoms with Gasteiger partial charge in [-0.3, -0.25) is 14.4 Å². The zero-order valence-electron chi connectivity index (χ0n) is 18.8. The number of aryl methyl sites for hydroxylation is 1. The third kappa shape index (κ3) is 7.20. The second-order valence-electron chi connectivity index (χ2n) is 8.15. The number of aromatic nitrogens is 1. The van der Waals surface area contributed by atoms with E-state index >= 15 is 0 Å². The maximum Gasteiger partial charge on any atom is 0.251 e. The van der Waals surface area contributed by atoms with Crippen LogP contribution in [0.3, 0.4) is 0 Å². The number of anilines is 1. The molecule has 1 aromatic carbocycles. The number of nitrogens with one attached hydrogen (secondary N) is 2. The van der Waals surface area contributed by atoms with Crippen LogP contribution in [0.25, 0.3) is 0 Å². The van der Waals surface area contributed by atoms with Crippen molar-refractivity contribution in [2.75, 3.05) is 30.4 Å². The zero-order valence-corrected chi connectivity index (χ0v) is 20.4. The van der Waals surface area contributed by atoms with Crippen molar-refractivity contribution in [3.8, 4) is 0 Å². The number of hydrogen-bond donors (Lipinski definition) is 2. The minimum atomic E-state index is -0.634. The molecule has 1 aliphatic heterocycles. The molecular formula is C24H29ClN4O3S. The first-order valence-corrected chi connectivity index (χ1v) is 12.7. The molecule has 2 N–H and O–H groups in total. The third-order valence-electron chi connectivity index (χ3n) is 5.58. The molecule has 0 spiro atoms. The number of likely N-dealkylation sites (tertiary alicyclic amines) is 1. The van der Waals surface area contributed by atoms with Crippen LogP contribution in [0.1, 0.15) is 35.2 Å². The number of nitrogens with zero attached hydrogens (tertiary/aromatic N) is 2. The van der Waals surface area contributed by atoms with Gasteiger partial charge in [0.2, 0.25) is 11.8 Å². The molecule has 1 aromatic heterocycles.